The Morgan fingerprint density at radius 2 is 1.81 bits per heavy atom. The molecule has 0 radical (unpaired) electrons. The molecule has 94 valence electrons. The Morgan fingerprint density at radius 3 is 2.44 bits per heavy atom. The van der Waals surface area contributed by atoms with E-state index >= 15 is 0 Å². The maximum absolute atomic E-state index is 3.67. The molecule has 0 atom stereocenters. The molecular formula is C14H28N2. The van der Waals surface area contributed by atoms with E-state index in [9.17, 15) is 0 Å². The maximum Gasteiger partial charge on any atom is 0.00683 e. The molecule has 2 rings (SSSR count). The summed E-state index contributed by atoms with van der Waals surface area (Å²) >= 11 is 0. The number of nitrogens with one attached hydrogen (secondary N) is 1. The summed E-state index contributed by atoms with van der Waals surface area (Å²) in [5, 5.41) is 3.67. The number of rotatable bonds is 7. The van der Waals surface area contributed by atoms with Gasteiger partial charge in [0.05, 0.1) is 0 Å². The highest BCUT2D eigenvalue weighted by Gasteiger charge is 2.23. The Bertz CT molecular complexity index is 181. The van der Waals surface area contributed by atoms with Crippen molar-refractivity contribution >= 4 is 0 Å². The fraction of sp³-hybridized carbons (Fsp3) is 1.00. The second-order valence-corrected chi connectivity index (χ2v) is 5.67. The molecule has 2 heteroatoms. The van der Waals surface area contributed by atoms with Gasteiger partial charge < -0.3 is 10.2 Å². The van der Waals surface area contributed by atoms with Gasteiger partial charge in [0.15, 0.2) is 0 Å². The molecule has 1 saturated heterocycles. The van der Waals surface area contributed by atoms with Crippen LogP contribution in [0.25, 0.3) is 0 Å². The van der Waals surface area contributed by atoms with E-state index in [-0.39, 0.29) is 0 Å². The molecule has 1 aliphatic carbocycles. The SMILES string of the molecule is CCCCCN1CCC(CNC2CC2)CC1. The highest BCUT2D eigenvalue weighted by Crippen LogP contribution is 2.21. The molecule has 16 heavy (non-hydrogen) atoms. The van der Waals surface area contributed by atoms with Crippen LogP contribution in [0.5, 0.6) is 0 Å². The van der Waals surface area contributed by atoms with Crippen molar-refractivity contribution in [3.63, 3.8) is 0 Å². The highest BCUT2D eigenvalue weighted by molar-refractivity contribution is 4.83. The summed E-state index contributed by atoms with van der Waals surface area (Å²) in [5.74, 6) is 0.961. The van der Waals surface area contributed by atoms with Gasteiger partial charge >= 0.3 is 0 Å². The standard InChI is InChI=1S/C14H28N2/c1-2-3-4-9-16-10-7-13(8-11-16)12-15-14-5-6-14/h13-15H,2-12H2,1H3. The second-order valence-electron chi connectivity index (χ2n) is 5.67. The smallest absolute Gasteiger partial charge is 0.00683 e. The predicted molar refractivity (Wildman–Crippen MR) is 69.7 cm³/mol. The summed E-state index contributed by atoms with van der Waals surface area (Å²) in [6.45, 7) is 7.61. The van der Waals surface area contributed by atoms with Crippen molar-refractivity contribution in [2.24, 2.45) is 5.92 Å². The number of hydrogen-bond acceptors (Lipinski definition) is 2. The van der Waals surface area contributed by atoms with Crippen molar-refractivity contribution in [2.75, 3.05) is 26.2 Å². The van der Waals surface area contributed by atoms with Crippen LogP contribution in [-0.2, 0) is 0 Å². The molecular weight excluding hydrogens is 196 g/mol. The number of nitrogens with zero attached hydrogens (tertiary/aromatic N) is 1. The predicted octanol–water partition coefficient (Wildman–Crippen LogP) is 2.64. The number of piperidine rings is 1. The Labute approximate surface area is 101 Å². The summed E-state index contributed by atoms with van der Waals surface area (Å²) in [7, 11) is 0. The van der Waals surface area contributed by atoms with Crippen LogP contribution in [0, 0.1) is 5.92 Å². The second kappa shape index (κ2) is 6.61. The van der Waals surface area contributed by atoms with E-state index in [2.05, 4.69) is 17.1 Å². The van der Waals surface area contributed by atoms with Crippen molar-refractivity contribution in [3.05, 3.63) is 0 Å². The van der Waals surface area contributed by atoms with Crippen LogP contribution in [0.15, 0.2) is 0 Å². The molecule has 2 nitrogen and oxygen atoms in total. The number of likely N-dealkylation sites (tertiary alicyclic amines) is 1. The molecule has 1 aliphatic heterocycles. The first kappa shape index (κ1) is 12.4. The molecule has 0 spiro atoms. The summed E-state index contributed by atoms with van der Waals surface area (Å²) in [4.78, 5) is 2.67. The molecule has 0 aromatic heterocycles. The molecule has 2 aliphatic rings. The third-order valence-corrected chi connectivity index (χ3v) is 4.06. The minimum Gasteiger partial charge on any atom is -0.314 e. The Hall–Kier alpha value is -0.0800. The van der Waals surface area contributed by atoms with Crippen LogP contribution in [0.2, 0.25) is 0 Å². The largest absolute Gasteiger partial charge is 0.314 e. The third kappa shape index (κ3) is 4.42. The fourth-order valence-electron chi connectivity index (χ4n) is 2.62. The van der Waals surface area contributed by atoms with Crippen LogP contribution in [0.4, 0.5) is 0 Å². The van der Waals surface area contributed by atoms with Crippen LogP contribution in [-0.4, -0.2) is 37.1 Å². The highest BCUT2D eigenvalue weighted by atomic mass is 15.1. The zero-order valence-electron chi connectivity index (χ0n) is 10.9. The van der Waals surface area contributed by atoms with Crippen molar-refractivity contribution < 1.29 is 0 Å². The van der Waals surface area contributed by atoms with Gasteiger partial charge in [-0.2, -0.15) is 0 Å². The molecule has 1 saturated carbocycles. The summed E-state index contributed by atoms with van der Waals surface area (Å²) in [6, 6.07) is 0.891. The molecule has 0 amide bonds. The average molecular weight is 224 g/mol. The van der Waals surface area contributed by atoms with E-state index < -0.39 is 0 Å². The van der Waals surface area contributed by atoms with E-state index in [0.29, 0.717) is 0 Å². The average Bonchev–Trinajstić information content (AvgIpc) is 3.12. The Kier molecular flexibility index (Phi) is 5.11. The van der Waals surface area contributed by atoms with Crippen molar-refractivity contribution in [3.8, 4) is 0 Å². The summed E-state index contributed by atoms with van der Waals surface area (Å²) in [5.41, 5.74) is 0. The Balaban J connectivity index is 1.51. The van der Waals surface area contributed by atoms with Gasteiger partial charge in [-0.15, -0.1) is 0 Å². The van der Waals surface area contributed by atoms with Crippen LogP contribution >= 0.6 is 0 Å². The monoisotopic (exact) mass is 224 g/mol. The lowest BCUT2D eigenvalue weighted by atomic mass is 9.96. The molecule has 1 heterocycles. The van der Waals surface area contributed by atoms with Crippen LogP contribution in [0.1, 0.15) is 51.9 Å². The van der Waals surface area contributed by atoms with Gasteiger partial charge in [-0.25, -0.2) is 0 Å². The van der Waals surface area contributed by atoms with E-state index in [1.165, 1.54) is 71.1 Å². The van der Waals surface area contributed by atoms with Gasteiger partial charge in [0.2, 0.25) is 0 Å². The van der Waals surface area contributed by atoms with Gasteiger partial charge in [-0.3, -0.25) is 0 Å². The number of unbranched alkanes of at least 4 members (excludes halogenated alkanes) is 2. The lowest BCUT2D eigenvalue weighted by Crippen LogP contribution is -2.38. The first-order valence-electron chi connectivity index (χ1n) is 7.34. The zero-order valence-corrected chi connectivity index (χ0v) is 10.9. The summed E-state index contributed by atoms with van der Waals surface area (Å²) in [6.07, 6.45) is 9.86. The zero-order chi connectivity index (χ0) is 11.2. The van der Waals surface area contributed by atoms with Crippen LogP contribution in [0.3, 0.4) is 0 Å². The number of hydrogen-bond donors (Lipinski definition) is 1. The quantitative estimate of drug-likeness (QED) is 0.669. The lowest BCUT2D eigenvalue weighted by molar-refractivity contribution is 0.179. The van der Waals surface area contributed by atoms with Gasteiger partial charge in [0, 0.05) is 6.04 Å². The van der Waals surface area contributed by atoms with Crippen molar-refractivity contribution in [2.45, 2.75) is 57.9 Å². The van der Waals surface area contributed by atoms with E-state index in [4.69, 9.17) is 0 Å². The molecule has 0 unspecified atom stereocenters. The first-order chi connectivity index (χ1) is 7.88. The topological polar surface area (TPSA) is 15.3 Å². The normalized spacial score (nSPS) is 23.8. The van der Waals surface area contributed by atoms with Crippen molar-refractivity contribution in [1.29, 1.82) is 0 Å². The molecule has 0 aromatic rings. The van der Waals surface area contributed by atoms with E-state index in [0.717, 1.165) is 12.0 Å². The van der Waals surface area contributed by atoms with E-state index in [1.54, 1.807) is 0 Å². The summed E-state index contributed by atoms with van der Waals surface area (Å²) < 4.78 is 0. The maximum atomic E-state index is 3.67. The molecule has 0 bridgehead atoms. The minimum atomic E-state index is 0.891. The first-order valence-corrected chi connectivity index (χ1v) is 7.34. The van der Waals surface area contributed by atoms with Gasteiger partial charge in [0.1, 0.15) is 0 Å². The van der Waals surface area contributed by atoms with Crippen LogP contribution < -0.4 is 5.32 Å². The fourth-order valence-corrected chi connectivity index (χ4v) is 2.62. The third-order valence-electron chi connectivity index (χ3n) is 4.06. The van der Waals surface area contributed by atoms with E-state index in [1.807, 2.05) is 0 Å². The molecule has 2 fully saturated rings. The van der Waals surface area contributed by atoms with Gasteiger partial charge in [-0.05, 0) is 64.2 Å². The lowest BCUT2D eigenvalue weighted by Gasteiger charge is -2.32. The van der Waals surface area contributed by atoms with Gasteiger partial charge in [-0.1, -0.05) is 19.8 Å². The molecule has 1 N–H and O–H groups in total. The van der Waals surface area contributed by atoms with Gasteiger partial charge in [0.25, 0.3) is 0 Å². The minimum absolute atomic E-state index is 0.891. The molecule has 0 aromatic carbocycles. The Morgan fingerprint density at radius 1 is 1.06 bits per heavy atom. The van der Waals surface area contributed by atoms with Crippen molar-refractivity contribution in [1.82, 2.24) is 10.2 Å².